The van der Waals surface area contributed by atoms with E-state index in [9.17, 15) is 4.79 Å². The summed E-state index contributed by atoms with van der Waals surface area (Å²) in [6.07, 6.45) is 2.08. The SMILES string of the molecule is CCCN(CCC)C(=O)CN(C)C. The molecule has 0 aliphatic carbocycles. The van der Waals surface area contributed by atoms with Gasteiger partial charge in [-0.15, -0.1) is 0 Å². The monoisotopic (exact) mass is 186 g/mol. The van der Waals surface area contributed by atoms with E-state index in [2.05, 4.69) is 13.8 Å². The fraction of sp³-hybridized carbons (Fsp3) is 0.900. The zero-order chi connectivity index (χ0) is 10.3. The number of hydrogen-bond acceptors (Lipinski definition) is 2. The van der Waals surface area contributed by atoms with Crippen molar-refractivity contribution in [2.75, 3.05) is 33.7 Å². The number of likely N-dealkylation sites (N-methyl/N-ethyl adjacent to an activating group) is 1. The normalized spacial score (nSPS) is 10.5. The molecule has 78 valence electrons. The smallest absolute Gasteiger partial charge is 0.236 e. The molecular weight excluding hydrogens is 164 g/mol. The molecule has 0 aromatic rings. The number of hydrogen-bond donors (Lipinski definition) is 0. The Balaban J connectivity index is 3.95. The maximum Gasteiger partial charge on any atom is 0.236 e. The third-order valence-electron chi connectivity index (χ3n) is 1.79. The van der Waals surface area contributed by atoms with Crippen LogP contribution in [0.3, 0.4) is 0 Å². The third kappa shape index (κ3) is 5.64. The molecule has 0 unspecified atom stereocenters. The van der Waals surface area contributed by atoms with E-state index in [-0.39, 0.29) is 5.91 Å². The molecule has 0 atom stereocenters. The minimum Gasteiger partial charge on any atom is -0.342 e. The molecule has 0 aromatic heterocycles. The number of amides is 1. The van der Waals surface area contributed by atoms with Crippen molar-refractivity contribution in [3.8, 4) is 0 Å². The molecule has 0 bridgehead atoms. The third-order valence-corrected chi connectivity index (χ3v) is 1.79. The van der Waals surface area contributed by atoms with Gasteiger partial charge in [0.15, 0.2) is 0 Å². The van der Waals surface area contributed by atoms with Crippen LogP contribution in [0.4, 0.5) is 0 Å². The fourth-order valence-electron chi connectivity index (χ4n) is 1.27. The van der Waals surface area contributed by atoms with Gasteiger partial charge in [-0.05, 0) is 26.9 Å². The van der Waals surface area contributed by atoms with Crippen LogP contribution in [0.15, 0.2) is 0 Å². The predicted octanol–water partition coefficient (Wildman–Crippen LogP) is 1.20. The highest BCUT2D eigenvalue weighted by atomic mass is 16.2. The molecule has 0 radical (unpaired) electrons. The summed E-state index contributed by atoms with van der Waals surface area (Å²) in [5, 5.41) is 0. The predicted molar refractivity (Wildman–Crippen MR) is 55.7 cm³/mol. The Morgan fingerprint density at radius 3 is 1.85 bits per heavy atom. The highest BCUT2D eigenvalue weighted by molar-refractivity contribution is 5.78. The first-order chi connectivity index (χ1) is 6.11. The van der Waals surface area contributed by atoms with Crippen LogP contribution in [0.1, 0.15) is 26.7 Å². The quantitative estimate of drug-likeness (QED) is 0.622. The summed E-state index contributed by atoms with van der Waals surface area (Å²) < 4.78 is 0. The highest BCUT2D eigenvalue weighted by Gasteiger charge is 2.11. The van der Waals surface area contributed by atoms with Crippen molar-refractivity contribution in [3.05, 3.63) is 0 Å². The van der Waals surface area contributed by atoms with Gasteiger partial charge in [0.25, 0.3) is 0 Å². The van der Waals surface area contributed by atoms with Gasteiger partial charge in [0, 0.05) is 13.1 Å². The molecule has 0 fully saturated rings. The van der Waals surface area contributed by atoms with Crippen molar-refractivity contribution in [2.24, 2.45) is 0 Å². The van der Waals surface area contributed by atoms with E-state index in [4.69, 9.17) is 0 Å². The largest absolute Gasteiger partial charge is 0.342 e. The van der Waals surface area contributed by atoms with Crippen molar-refractivity contribution < 1.29 is 4.79 Å². The highest BCUT2D eigenvalue weighted by Crippen LogP contribution is 1.95. The molecule has 1 amide bonds. The topological polar surface area (TPSA) is 23.6 Å². The summed E-state index contributed by atoms with van der Waals surface area (Å²) >= 11 is 0. The summed E-state index contributed by atoms with van der Waals surface area (Å²) in [7, 11) is 3.85. The zero-order valence-corrected chi connectivity index (χ0v) is 9.34. The van der Waals surface area contributed by atoms with Gasteiger partial charge in [-0.1, -0.05) is 13.8 Å². The van der Waals surface area contributed by atoms with E-state index in [1.807, 2.05) is 23.9 Å². The van der Waals surface area contributed by atoms with Crippen LogP contribution in [-0.2, 0) is 4.79 Å². The van der Waals surface area contributed by atoms with E-state index in [1.165, 1.54) is 0 Å². The Bertz CT molecular complexity index is 140. The Morgan fingerprint density at radius 2 is 1.54 bits per heavy atom. The second-order valence-electron chi connectivity index (χ2n) is 3.62. The van der Waals surface area contributed by atoms with Gasteiger partial charge in [-0.25, -0.2) is 0 Å². The molecule has 0 saturated heterocycles. The summed E-state index contributed by atoms with van der Waals surface area (Å²) in [6.45, 7) is 6.51. The summed E-state index contributed by atoms with van der Waals surface area (Å²) in [4.78, 5) is 15.5. The van der Waals surface area contributed by atoms with Crippen molar-refractivity contribution in [3.63, 3.8) is 0 Å². The minimum atomic E-state index is 0.244. The van der Waals surface area contributed by atoms with Gasteiger partial charge in [-0.3, -0.25) is 4.79 Å². The maximum absolute atomic E-state index is 11.6. The van der Waals surface area contributed by atoms with Crippen molar-refractivity contribution >= 4 is 5.91 Å². The second-order valence-corrected chi connectivity index (χ2v) is 3.62. The van der Waals surface area contributed by atoms with Crippen LogP contribution in [0, 0.1) is 0 Å². The molecule has 0 aliphatic rings. The Hall–Kier alpha value is -0.570. The molecule has 0 saturated carbocycles. The first-order valence-corrected chi connectivity index (χ1v) is 5.04. The van der Waals surface area contributed by atoms with E-state index in [0.717, 1.165) is 25.9 Å². The molecule has 0 heterocycles. The van der Waals surface area contributed by atoms with Crippen molar-refractivity contribution in [2.45, 2.75) is 26.7 Å². The number of carbonyl (C=O) groups excluding carboxylic acids is 1. The summed E-state index contributed by atoms with van der Waals surface area (Å²) in [6, 6.07) is 0. The first-order valence-electron chi connectivity index (χ1n) is 5.04. The number of nitrogens with zero attached hydrogens (tertiary/aromatic N) is 2. The van der Waals surface area contributed by atoms with E-state index >= 15 is 0 Å². The summed E-state index contributed by atoms with van der Waals surface area (Å²) in [5.41, 5.74) is 0. The van der Waals surface area contributed by atoms with Gasteiger partial charge >= 0.3 is 0 Å². The standard InChI is InChI=1S/C10H22N2O/c1-5-7-12(8-6-2)10(13)9-11(3)4/h5-9H2,1-4H3. The lowest BCUT2D eigenvalue weighted by atomic mass is 10.3. The maximum atomic E-state index is 11.6. The molecule has 3 nitrogen and oxygen atoms in total. The van der Waals surface area contributed by atoms with Crippen LogP contribution < -0.4 is 0 Å². The average Bonchev–Trinajstić information content (AvgIpc) is 2.02. The minimum absolute atomic E-state index is 0.244. The lowest BCUT2D eigenvalue weighted by Crippen LogP contribution is -2.38. The van der Waals surface area contributed by atoms with E-state index in [1.54, 1.807) is 0 Å². The van der Waals surface area contributed by atoms with Crippen LogP contribution in [0.2, 0.25) is 0 Å². The molecule has 0 N–H and O–H groups in total. The van der Waals surface area contributed by atoms with Crippen LogP contribution >= 0.6 is 0 Å². The van der Waals surface area contributed by atoms with Crippen LogP contribution in [0.5, 0.6) is 0 Å². The zero-order valence-electron chi connectivity index (χ0n) is 9.34. The van der Waals surface area contributed by atoms with Gasteiger partial charge in [-0.2, -0.15) is 0 Å². The van der Waals surface area contributed by atoms with Crippen molar-refractivity contribution in [1.29, 1.82) is 0 Å². The van der Waals surface area contributed by atoms with Crippen molar-refractivity contribution in [1.82, 2.24) is 9.80 Å². The molecule has 0 aromatic carbocycles. The molecule has 13 heavy (non-hydrogen) atoms. The average molecular weight is 186 g/mol. The molecule has 0 spiro atoms. The lowest BCUT2D eigenvalue weighted by Gasteiger charge is -2.23. The number of carbonyl (C=O) groups is 1. The fourth-order valence-corrected chi connectivity index (χ4v) is 1.27. The summed E-state index contributed by atoms with van der Waals surface area (Å²) in [5.74, 6) is 0.244. The van der Waals surface area contributed by atoms with Crippen LogP contribution in [-0.4, -0.2) is 49.4 Å². The Labute approximate surface area is 81.7 Å². The lowest BCUT2D eigenvalue weighted by molar-refractivity contribution is -0.131. The Morgan fingerprint density at radius 1 is 1.08 bits per heavy atom. The molecular formula is C10H22N2O. The van der Waals surface area contributed by atoms with Crippen LogP contribution in [0.25, 0.3) is 0 Å². The molecule has 3 heteroatoms. The van der Waals surface area contributed by atoms with Gasteiger partial charge in [0.1, 0.15) is 0 Å². The first kappa shape index (κ1) is 12.4. The number of rotatable bonds is 6. The van der Waals surface area contributed by atoms with Gasteiger partial charge in [0.2, 0.25) is 5.91 Å². The van der Waals surface area contributed by atoms with E-state index in [0.29, 0.717) is 6.54 Å². The molecule has 0 aliphatic heterocycles. The van der Waals surface area contributed by atoms with E-state index < -0.39 is 0 Å². The Kier molecular flexibility index (Phi) is 6.59. The van der Waals surface area contributed by atoms with Gasteiger partial charge < -0.3 is 9.80 Å². The second kappa shape index (κ2) is 6.89. The van der Waals surface area contributed by atoms with Gasteiger partial charge in [0.05, 0.1) is 6.54 Å². The molecule has 0 rings (SSSR count).